The molecule has 2 amide bonds. The third-order valence-electron chi connectivity index (χ3n) is 5.34. The fourth-order valence-corrected chi connectivity index (χ4v) is 4.01. The number of amides is 2. The predicted octanol–water partition coefficient (Wildman–Crippen LogP) is 0.629. The molecule has 0 aliphatic carbocycles. The van der Waals surface area contributed by atoms with Gasteiger partial charge in [-0.1, -0.05) is 0 Å². The monoisotopic (exact) mass is 347 g/mol. The summed E-state index contributed by atoms with van der Waals surface area (Å²) in [5.74, 6) is -0.137. The van der Waals surface area contributed by atoms with E-state index in [1.165, 1.54) is 10.6 Å². The Kier molecular flexibility index (Phi) is 4.94. The summed E-state index contributed by atoms with van der Waals surface area (Å²) in [7, 11) is 3.24. The third-order valence-corrected chi connectivity index (χ3v) is 5.34. The largest absolute Gasteiger partial charge is 0.383 e. The second-order valence-corrected chi connectivity index (χ2v) is 6.85. The van der Waals surface area contributed by atoms with E-state index in [0.717, 1.165) is 12.8 Å². The van der Waals surface area contributed by atoms with Crippen LogP contribution >= 0.6 is 0 Å². The molecule has 1 unspecified atom stereocenters. The van der Waals surface area contributed by atoms with Crippen molar-refractivity contribution in [3.8, 4) is 0 Å². The molecule has 0 aromatic carbocycles. The number of rotatable bonds is 4. The molecule has 1 aromatic heterocycles. The number of hydrogen-bond donors (Lipinski definition) is 0. The number of carbonyl (C=O) groups excluding carboxylic acids is 2. The standard InChI is InChI=1S/C18H25N3O4/c1-19-13-14(5-6-15(19)22)16(23)21-10-4-8-18(21)7-3-9-20(17(18)24)11-12-25-2/h5-6,13H,3-4,7-12H2,1-2H3. The maximum atomic E-state index is 13.1. The first-order chi connectivity index (χ1) is 12.0. The van der Waals surface area contributed by atoms with Crippen molar-refractivity contribution >= 4 is 11.8 Å². The zero-order chi connectivity index (χ0) is 18.0. The minimum atomic E-state index is -0.738. The lowest BCUT2D eigenvalue weighted by Crippen LogP contribution is -2.61. The summed E-state index contributed by atoms with van der Waals surface area (Å²) in [4.78, 5) is 41.3. The van der Waals surface area contributed by atoms with Gasteiger partial charge in [-0.05, 0) is 31.7 Å². The van der Waals surface area contributed by atoms with Gasteiger partial charge in [0.05, 0.1) is 12.2 Å². The van der Waals surface area contributed by atoms with E-state index in [9.17, 15) is 14.4 Å². The van der Waals surface area contributed by atoms with Crippen LogP contribution in [0.3, 0.4) is 0 Å². The third kappa shape index (κ3) is 3.08. The molecule has 7 heteroatoms. The van der Waals surface area contributed by atoms with Gasteiger partial charge in [-0.15, -0.1) is 0 Å². The number of aromatic nitrogens is 1. The molecule has 1 aromatic rings. The molecular formula is C18H25N3O4. The van der Waals surface area contributed by atoms with E-state index in [2.05, 4.69) is 0 Å². The van der Waals surface area contributed by atoms with Crippen LogP contribution in [0.1, 0.15) is 36.0 Å². The van der Waals surface area contributed by atoms with Crippen LogP contribution in [0.2, 0.25) is 0 Å². The molecule has 25 heavy (non-hydrogen) atoms. The molecular weight excluding hydrogens is 322 g/mol. The highest BCUT2D eigenvalue weighted by atomic mass is 16.5. The van der Waals surface area contributed by atoms with E-state index in [0.29, 0.717) is 44.6 Å². The predicted molar refractivity (Wildman–Crippen MR) is 92.4 cm³/mol. The van der Waals surface area contributed by atoms with Gasteiger partial charge in [0.1, 0.15) is 5.54 Å². The molecule has 0 saturated carbocycles. The van der Waals surface area contributed by atoms with Gasteiger partial charge in [-0.25, -0.2) is 0 Å². The van der Waals surface area contributed by atoms with Crippen molar-refractivity contribution < 1.29 is 14.3 Å². The van der Waals surface area contributed by atoms with Gasteiger partial charge in [0, 0.05) is 46.1 Å². The number of nitrogens with zero attached hydrogens (tertiary/aromatic N) is 3. The van der Waals surface area contributed by atoms with Crippen LogP contribution in [0.15, 0.2) is 23.1 Å². The summed E-state index contributed by atoms with van der Waals surface area (Å²) >= 11 is 0. The fraction of sp³-hybridized carbons (Fsp3) is 0.611. The fourth-order valence-electron chi connectivity index (χ4n) is 4.01. The van der Waals surface area contributed by atoms with Crippen LogP contribution in [0.5, 0.6) is 0 Å². The number of carbonyl (C=O) groups is 2. The van der Waals surface area contributed by atoms with Crippen molar-refractivity contribution in [2.45, 2.75) is 31.2 Å². The normalized spacial score (nSPS) is 23.5. The molecule has 0 radical (unpaired) electrons. The topological polar surface area (TPSA) is 71.8 Å². The maximum Gasteiger partial charge on any atom is 0.256 e. The molecule has 2 aliphatic heterocycles. The van der Waals surface area contributed by atoms with Crippen LogP contribution in [0.25, 0.3) is 0 Å². The molecule has 7 nitrogen and oxygen atoms in total. The van der Waals surface area contributed by atoms with Crippen LogP contribution in [-0.4, -0.2) is 65.1 Å². The molecule has 2 saturated heterocycles. The Hall–Kier alpha value is -2.15. The van der Waals surface area contributed by atoms with Crippen LogP contribution in [0, 0.1) is 0 Å². The lowest BCUT2D eigenvalue weighted by molar-refractivity contribution is -0.146. The highest BCUT2D eigenvalue weighted by molar-refractivity contribution is 5.99. The smallest absolute Gasteiger partial charge is 0.256 e. The Balaban J connectivity index is 1.88. The van der Waals surface area contributed by atoms with Crippen molar-refractivity contribution in [1.29, 1.82) is 0 Å². The SMILES string of the molecule is COCCN1CCCC2(CCCN2C(=O)c2ccc(=O)n(C)c2)C1=O. The molecule has 2 aliphatic rings. The quantitative estimate of drug-likeness (QED) is 0.801. The average molecular weight is 347 g/mol. The highest BCUT2D eigenvalue weighted by Gasteiger charge is 2.52. The van der Waals surface area contributed by atoms with Gasteiger partial charge >= 0.3 is 0 Å². The first-order valence-corrected chi connectivity index (χ1v) is 8.76. The highest BCUT2D eigenvalue weighted by Crippen LogP contribution is 2.39. The van der Waals surface area contributed by atoms with Gasteiger partial charge in [-0.3, -0.25) is 14.4 Å². The number of aryl methyl sites for hydroxylation is 1. The lowest BCUT2D eigenvalue weighted by atomic mass is 9.85. The minimum absolute atomic E-state index is 0.0338. The van der Waals surface area contributed by atoms with Crippen molar-refractivity contribution in [3.05, 3.63) is 34.2 Å². The summed E-state index contributed by atoms with van der Waals surface area (Å²) in [6.07, 6.45) is 4.65. The Morgan fingerprint density at radius 1 is 1.20 bits per heavy atom. The summed E-state index contributed by atoms with van der Waals surface area (Å²) in [5.41, 5.74) is -0.449. The Labute approximate surface area is 147 Å². The summed E-state index contributed by atoms with van der Waals surface area (Å²) in [6, 6.07) is 2.94. The van der Waals surface area contributed by atoms with Crippen molar-refractivity contribution in [1.82, 2.24) is 14.4 Å². The van der Waals surface area contributed by atoms with Crippen molar-refractivity contribution in [3.63, 3.8) is 0 Å². The van der Waals surface area contributed by atoms with E-state index < -0.39 is 5.54 Å². The first-order valence-electron chi connectivity index (χ1n) is 8.76. The number of piperidine rings is 1. The lowest BCUT2D eigenvalue weighted by Gasteiger charge is -2.44. The molecule has 136 valence electrons. The van der Waals surface area contributed by atoms with Gasteiger partial charge in [0.25, 0.3) is 5.91 Å². The van der Waals surface area contributed by atoms with Gasteiger partial charge in [-0.2, -0.15) is 0 Å². The van der Waals surface area contributed by atoms with E-state index in [1.807, 2.05) is 4.90 Å². The zero-order valence-corrected chi connectivity index (χ0v) is 14.9. The number of methoxy groups -OCH3 is 1. The molecule has 0 bridgehead atoms. The van der Waals surface area contributed by atoms with Crippen molar-refractivity contribution in [2.75, 3.05) is 33.4 Å². The van der Waals surface area contributed by atoms with E-state index in [1.54, 1.807) is 31.3 Å². The van der Waals surface area contributed by atoms with Gasteiger partial charge < -0.3 is 19.1 Å². The Morgan fingerprint density at radius 2 is 1.92 bits per heavy atom. The number of ether oxygens (including phenoxy) is 1. The Morgan fingerprint density at radius 3 is 2.60 bits per heavy atom. The minimum Gasteiger partial charge on any atom is -0.383 e. The molecule has 3 heterocycles. The molecule has 1 spiro atoms. The number of pyridine rings is 1. The maximum absolute atomic E-state index is 13.1. The average Bonchev–Trinajstić information content (AvgIpc) is 3.02. The van der Waals surface area contributed by atoms with Crippen molar-refractivity contribution in [2.24, 2.45) is 7.05 Å². The summed E-state index contributed by atoms with van der Waals surface area (Å²) < 4.78 is 6.50. The molecule has 3 rings (SSSR count). The Bertz CT molecular complexity index is 729. The van der Waals surface area contributed by atoms with E-state index in [-0.39, 0.29) is 17.4 Å². The molecule has 1 atom stereocenters. The van der Waals surface area contributed by atoms with E-state index in [4.69, 9.17) is 4.74 Å². The number of likely N-dealkylation sites (tertiary alicyclic amines) is 2. The molecule has 2 fully saturated rings. The van der Waals surface area contributed by atoms with Crippen LogP contribution in [-0.2, 0) is 16.6 Å². The van der Waals surface area contributed by atoms with Gasteiger partial charge in [0.2, 0.25) is 11.5 Å². The van der Waals surface area contributed by atoms with Crippen LogP contribution < -0.4 is 5.56 Å². The summed E-state index contributed by atoms with van der Waals surface area (Å²) in [6.45, 7) is 2.34. The zero-order valence-electron chi connectivity index (χ0n) is 14.9. The second kappa shape index (κ2) is 7.00. The van der Waals surface area contributed by atoms with Crippen LogP contribution in [0.4, 0.5) is 0 Å². The first kappa shape index (κ1) is 17.7. The molecule has 0 N–H and O–H groups in total. The summed E-state index contributed by atoms with van der Waals surface area (Å²) in [5, 5.41) is 0. The van der Waals surface area contributed by atoms with E-state index >= 15 is 0 Å². The second-order valence-electron chi connectivity index (χ2n) is 6.85. The van der Waals surface area contributed by atoms with Gasteiger partial charge in [0.15, 0.2) is 0 Å². The number of hydrogen-bond acceptors (Lipinski definition) is 4.